The van der Waals surface area contributed by atoms with Crippen molar-refractivity contribution in [2.24, 2.45) is 28.6 Å². The Morgan fingerprint density at radius 1 is 0.820 bits per heavy atom. The number of fused-ring (bicyclic) bond motifs is 5. The molecule has 19 heteroatoms. The second kappa shape index (κ2) is 17.2. The number of carbonyl (C=O) groups excluding carboxylic acids is 2. The fraction of sp³-hybridized carbons (Fsp3) is 0.905. The average Bonchev–Trinajstić information content (AvgIpc) is 3.79. The number of hydrogen-bond acceptors (Lipinski definition) is 19. The van der Waals surface area contributed by atoms with Gasteiger partial charge in [-0.15, -0.1) is 0 Å². The molecule has 8 rings (SSSR count). The summed E-state index contributed by atoms with van der Waals surface area (Å²) in [6.45, 7) is 2.86. The Bertz CT molecular complexity index is 1630. The number of hydrogen-bond donors (Lipinski definition) is 9. The van der Waals surface area contributed by atoms with Crippen LogP contribution in [0.25, 0.3) is 0 Å². The second-order valence-corrected chi connectivity index (χ2v) is 19.2. The van der Waals surface area contributed by atoms with Gasteiger partial charge in [0.1, 0.15) is 67.8 Å². The minimum atomic E-state index is -1.75. The lowest BCUT2D eigenvalue weighted by molar-refractivity contribution is -0.355. The number of esters is 1. The van der Waals surface area contributed by atoms with Crippen LogP contribution in [0.2, 0.25) is 0 Å². The molecule has 0 aromatic rings. The summed E-state index contributed by atoms with van der Waals surface area (Å²) in [4.78, 5) is 25.3. The lowest BCUT2D eigenvalue weighted by Gasteiger charge is -2.65. The van der Waals surface area contributed by atoms with Crippen LogP contribution < -0.4 is 0 Å². The van der Waals surface area contributed by atoms with Crippen molar-refractivity contribution in [1.29, 1.82) is 0 Å². The number of carbonyl (C=O) groups is 2. The van der Waals surface area contributed by atoms with Crippen LogP contribution in [-0.4, -0.2) is 188 Å². The quantitative estimate of drug-likeness (QED) is 0.0622. The fourth-order valence-electron chi connectivity index (χ4n) is 12.9. The van der Waals surface area contributed by atoms with Crippen molar-refractivity contribution in [2.45, 2.75) is 181 Å². The van der Waals surface area contributed by atoms with E-state index in [2.05, 4.69) is 6.92 Å². The van der Waals surface area contributed by atoms with Crippen LogP contribution in [0.4, 0.5) is 0 Å². The molecule has 0 amide bonds. The molecular formula is C42H64O19. The number of rotatable bonds is 11. The van der Waals surface area contributed by atoms with Crippen molar-refractivity contribution in [2.75, 3.05) is 26.9 Å². The lowest BCUT2D eigenvalue weighted by Crippen LogP contribution is -2.69. The highest BCUT2D eigenvalue weighted by molar-refractivity contribution is 5.85. The molecule has 9 N–H and O–H groups in total. The first-order valence-electron chi connectivity index (χ1n) is 21.8. The van der Waals surface area contributed by atoms with Gasteiger partial charge in [-0.25, -0.2) is 4.79 Å². The first-order valence-corrected chi connectivity index (χ1v) is 21.8. The predicted octanol–water partition coefficient (Wildman–Crippen LogP) is -1.92. The molecule has 0 radical (unpaired) electrons. The lowest BCUT2D eigenvalue weighted by atomic mass is 9.41. The van der Waals surface area contributed by atoms with E-state index in [1.807, 2.05) is 0 Å². The molecular weight excluding hydrogens is 808 g/mol. The zero-order valence-corrected chi connectivity index (χ0v) is 34.8. The maximum Gasteiger partial charge on any atom is 0.331 e. The Balaban J connectivity index is 0.886. The van der Waals surface area contributed by atoms with Crippen molar-refractivity contribution in [3.05, 3.63) is 11.6 Å². The summed E-state index contributed by atoms with van der Waals surface area (Å²) in [6, 6.07) is 0. The van der Waals surface area contributed by atoms with Crippen molar-refractivity contribution >= 4 is 12.3 Å². The van der Waals surface area contributed by atoms with Gasteiger partial charge in [0.05, 0.1) is 48.1 Å². The van der Waals surface area contributed by atoms with Crippen LogP contribution in [0.15, 0.2) is 11.6 Å². The first-order chi connectivity index (χ1) is 28.9. The van der Waals surface area contributed by atoms with Crippen molar-refractivity contribution in [3.63, 3.8) is 0 Å². The molecule has 4 aliphatic carbocycles. The number of aliphatic hydroxyl groups is 9. The van der Waals surface area contributed by atoms with Gasteiger partial charge in [-0.1, -0.05) is 6.92 Å². The van der Waals surface area contributed by atoms with Gasteiger partial charge >= 0.3 is 5.97 Å². The van der Waals surface area contributed by atoms with E-state index in [1.165, 1.54) is 7.11 Å². The molecule has 19 nitrogen and oxygen atoms in total. The number of aliphatic hydroxyl groups excluding tert-OH is 7. The Kier molecular flexibility index (Phi) is 12.9. The van der Waals surface area contributed by atoms with E-state index in [0.717, 1.165) is 18.3 Å². The van der Waals surface area contributed by atoms with Crippen molar-refractivity contribution in [1.82, 2.24) is 0 Å². The molecule has 61 heavy (non-hydrogen) atoms. The van der Waals surface area contributed by atoms with E-state index < -0.39 is 127 Å². The average molecular weight is 873 g/mol. The Hall–Kier alpha value is -1.76. The maximum absolute atomic E-state index is 13.3. The molecule has 7 fully saturated rings. The normalized spacial score (nSPS) is 53.6. The molecule has 4 aliphatic heterocycles. The van der Waals surface area contributed by atoms with E-state index in [9.17, 15) is 55.5 Å². The summed E-state index contributed by atoms with van der Waals surface area (Å²) < 4.78 is 46.7. The van der Waals surface area contributed by atoms with E-state index in [4.69, 9.17) is 37.9 Å². The highest BCUT2D eigenvalue weighted by atomic mass is 16.8. The van der Waals surface area contributed by atoms with Crippen LogP contribution in [0.3, 0.4) is 0 Å². The molecule has 22 atom stereocenters. The molecule has 0 spiro atoms. The Morgan fingerprint density at radius 3 is 2.18 bits per heavy atom. The summed E-state index contributed by atoms with van der Waals surface area (Å²) in [6.07, 6.45) is -12.2. The van der Waals surface area contributed by atoms with Crippen LogP contribution >= 0.6 is 0 Å². The van der Waals surface area contributed by atoms with Gasteiger partial charge in [0, 0.05) is 31.4 Å². The van der Waals surface area contributed by atoms with Crippen LogP contribution in [0.5, 0.6) is 0 Å². The van der Waals surface area contributed by atoms with Gasteiger partial charge in [-0.3, -0.25) is 0 Å². The molecule has 0 aromatic carbocycles. The molecule has 8 aliphatic rings. The standard InChI is InChI=1S/C42H64O19/c1-19-36(61-38-35(51)33(49)31(47)27(60-38)17-56-37-34(50)32(48)30(46)26(15-43)59-37)25(54-3)13-29(57-19)58-21-4-9-40(18-44)23-5-8-39(2)22(20-12-28(45)55-16-20)7-11-42(39,53)24(23)6-10-41(40,52)14-21/h12,18-19,21-27,29-38,43,46-53H,4-11,13-17H2,1-3H3/t19-,21+,22+,23-,24+,25+,26-,27+,29-,30-,31+,32+,33-,34+,35+,36+,37-,38-,39+,40-,41-,42+/m1/s1. The third-order valence-corrected chi connectivity index (χ3v) is 16.3. The smallest absolute Gasteiger partial charge is 0.331 e. The SMILES string of the molecule is CO[C@H]1C[C@@H](O[C@H]2CC[C@@]3(C=O)[C@@H]4CC[C@@]5(C)[C@H](C6=CC(=O)OC6)CC[C@]5(O)[C@H]4CC[C@@]3(O)C2)O[C@H](C)[C@@H]1O[C@H]1O[C@@H](CO[C@@H]2O[C@H](CO)[C@@H](O)[C@H](O)[C@@H]2O)[C@H](O)[C@@H](O)[C@@H]1O. The highest BCUT2D eigenvalue weighted by Crippen LogP contribution is 2.70. The van der Waals surface area contributed by atoms with Crippen molar-refractivity contribution in [3.8, 4) is 0 Å². The summed E-state index contributed by atoms with van der Waals surface area (Å²) in [5.41, 5.74) is -3.06. The van der Waals surface area contributed by atoms with E-state index in [-0.39, 0.29) is 43.2 Å². The largest absolute Gasteiger partial charge is 0.458 e. The first kappa shape index (κ1) is 45.8. The topological polar surface area (TPSA) is 290 Å². The van der Waals surface area contributed by atoms with Gasteiger partial charge in [0.15, 0.2) is 18.9 Å². The summed E-state index contributed by atoms with van der Waals surface area (Å²) in [5.74, 6) is -0.767. The zero-order valence-electron chi connectivity index (χ0n) is 34.8. The molecule has 0 bridgehead atoms. The predicted molar refractivity (Wildman–Crippen MR) is 203 cm³/mol. The van der Waals surface area contributed by atoms with Gasteiger partial charge < -0.3 is 88.6 Å². The maximum atomic E-state index is 13.3. The van der Waals surface area contributed by atoms with Crippen molar-refractivity contribution < 1.29 is 93.4 Å². The molecule has 0 aromatic heterocycles. The number of cyclic esters (lactones) is 1. The van der Waals surface area contributed by atoms with Gasteiger partial charge in [-0.05, 0) is 81.6 Å². The molecule has 4 heterocycles. The third-order valence-electron chi connectivity index (χ3n) is 16.3. The number of aldehydes is 1. The third kappa shape index (κ3) is 7.55. The minimum absolute atomic E-state index is 0.00485. The van der Waals surface area contributed by atoms with Crippen LogP contribution in [0.1, 0.15) is 78.1 Å². The summed E-state index contributed by atoms with van der Waals surface area (Å²) in [7, 11) is 1.47. The molecule has 3 saturated heterocycles. The Morgan fingerprint density at radius 2 is 1.51 bits per heavy atom. The minimum Gasteiger partial charge on any atom is -0.458 e. The highest BCUT2D eigenvalue weighted by Gasteiger charge is 2.71. The van der Waals surface area contributed by atoms with Gasteiger partial charge in [0.25, 0.3) is 0 Å². The second-order valence-electron chi connectivity index (χ2n) is 19.2. The molecule has 4 saturated carbocycles. The molecule has 0 unspecified atom stereocenters. The Labute approximate surface area is 353 Å². The fourth-order valence-corrected chi connectivity index (χ4v) is 12.9. The summed E-state index contributed by atoms with van der Waals surface area (Å²) >= 11 is 0. The monoisotopic (exact) mass is 872 g/mol. The van der Waals surface area contributed by atoms with Gasteiger partial charge in [-0.2, -0.15) is 0 Å². The molecule has 346 valence electrons. The number of methoxy groups -OCH3 is 1. The van der Waals surface area contributed by atoms with Crippen LogP contribution in [-0.2, 0) is 47.5 Å². The van der Waals surface area contributed by atoms with E-state index in [1.54, 1.807) is 13.0 Å². The van der Waals surface area contributed by atoms with E-state index >= 15 is 0 Å². The van der Waals surface area contributed by atoms with Crippen LogP contribution in [0, 0.1) is 28.6 Å². The van der Waals surface area contributed by atoms with Gasteiger partial charge in [0.2, 0.25) is 0 Å². The summed E-state index contributed by atoms with van der Waals surface area (Å²) in [5, 5.41) is 97.4. The zero-order chi connectivity index (χ0) is 43.8. The van der Waals surface area contributed by atoms with E-state index in [0.29, 0.717) is 44.9 Å². The number of ether oxygens (including phenoxy) is 8.